The molecule has 0 aromatic carbocycles. The Labute approximate surface area is 418 Å². The maximum absolute atomic E-state index is 14.1. The highest BCUT2D eigenvalue weighted by Crippen LogP contribution is 2.19. The van der Waals surface area contributed by atoms with Crippen molar-refractivity contribution in [2.45, 2.75) is 203 Å². The number of hydrogen-bond acceptors (Lipinski definition) is 15. The molecule has 0 unspecified atom stereocenters. The molecule has 22 heteroatoms. The molecular weight excluding hydrogens is 927 g/mol. The standard InChI is InChI=1S/C48H79N9O12S/c1-43(2,3)64-37(58)52-34(49)32-31-70-33(51-32)27-23-22-26-30-57(42(63)69-48(16,17)18)36(55-40(61)67-46(10,11)12)56(41(62)68-47(13,14)15)29-25-21-19-20-24-28-50-35(53-38(59)65-44(4,5)6)54-39(60)66-45(7,8)9/h31H,19-22,24-26,28-30H2,1-18H3,(H2,49,52,58)(H2,50,53,54,59,60)/b55-36-. The summed E-state index contributed by atoms with van der Waals surface area (Å²) in [7, 11) is 0. The topological polar surface area (TPSA) is 262 Å². The third-order valence-corrected chi connectivity index (χ3v) is 8.39. The van der Waals surface area contributed by atoms with Crippen LogP contribution < -0.4 is 16.0 Å². The van der Waals surface area contributed by atoms with Crippen molar-refractivity contribution in [3.8, 4) is 11.8 Å². The third kappa shape index (κ3) is 29.8. The molecule has 0 fully saturated rings. The van der Waals surface area contributed by atoms with Crippen LogP contribution in [0, 0.1) is 17.3 Å². The van der Waals surface area contributed by atoms with Gasteiger partial charge >= 0.3 is 36.6 Å². The van der Waals surface area contributed by atoms with Gasteiger partial charge in [0.2, 0.25) is 11.9 Å². The lowest BCUT2D eigenvalue weighted by Gasteiger charge is -2.34. The molecule has 394 valence electrons. The fourth-order valence-electron chi connectivity index (χ4n) is 5.21. The number of rotatable bonds is 12. The Bertz CT molecular complexity index is 2080. The van der Waals surface area contributed by atoms with E-state index in [-0.39, 0.29) is 49.4 Å². The number of amides is 6. The van der Waals surface area contributed by atoms with Crippen LogP contribution in [-0.2, 0) is 28.4 Å². The van der Waals surface area contributed by atoms with Crippen molar-refractivity contribution in [3.63, 3.8) is 0 Å². The Balaban J connectivity index is 3.38. The van der Waals surface area contributed by atoms with Gasteiger partial charge in [0.15, 0.2) is 10.8 Å². The van der Waals surface area contributed by atoms with Crippen LogP contribution in [0.2, 0.25) is 0 Å². The minimum atomic E-state index is -1.06. The number of guanidine groups is 2. The highest BCUT2D eigenvalue weighted by atomic mass is 32.1. The Morgan fingerprint density at radius 2 is 1.01 bits per heavy atom. The lowest BCUT2D eigenvalue weighted by Crippen LogP contribution is -2.53. The molecule has 1 aromatic heterocycles. The molecule has 0 radical (unpaired) electrons. The first-order chi connectivity index (χ1) is 31.8. The highest BCUT2D eigenvalue weighted by molar-refractivity contribution is 7.10. The number of alkyl carbamates (subject to hydrolysis) is 2. The first kappa shape index (κ1) is 62.0. The maximum atomic E-state index is 14.1. The fourth-order valence-corrected chi connectivity index (χ4v) is 5.89. The maximum Gasteiger partial charge on any atom is 0.437 e. The second-order valence-electron chi connectivity index (χ2n) is 21.9. The van der Waals surface area contributed by atoms with Crippen LogP contribution in [0.1, 0.15) is 180 Å². The third-order valence-electron chi connectivity index (χ3n) is 7.63. The lowest BCUT2D eigenvalue weighted by molar-refractivity contribution is 0.0270. The number of aliphatic imine (C=N–C) groups is 2. The first-order valence-corrected chi connectivity index (χ1v) is 24.1. The summed E-state index contributed by atoms with van der Waals surface area (Å²) in [5.74, 6) is 5.21. The van der Waals surface area contributed by atoms with E-state index in [0.717, 1.165) is 9.80 Å². The summed E-state index contributed by atoms with van der Waals surface area (Å²) in [4.78, 5) is 93.4. The minimum Gasteiger partial charge on any atom is -0.444 e. The summed E-state index contributed by atoms with van der Waals surface area (Å²) >= 11 is 1.17. The Morgan fingerprint density at radius 3 is 1.50 bits per heavy atom. The molecule has 0 aliphatic heterocycles. The number of nitrogens with zero attached hydrogens (tertiary/aromatic N) is 5. The van der Waals surface area contributed by atoms with Crippen molar-refractivity contribution in [3.05, 3.63) is 16.1 Å². The monoisotopic (exact) mass is 1010 g/mol. The molecule has 0 spiro atoms. The molecule has 1 heterocycles. The van der Waals surface area contributed by atoms with Crippen molar-refractivity contribution in [1.82, 2.24) is 30.7 Å². The number of carbonyl (C=O) groups is 6. The lowest BCUT2D eigenvalue weighted by atomic mass is 10.1. The van der Waals surface area contributed by atoms with Gasteiger partial charge in [-0.25, -0.2) is 43.6 Å². The van der Waals surface area contributed by atoms with Gasteiger partial charge in [-0.1, -0.05) is 25.2 Å². The van der Waals surface area contributed by atoms with Gasteiger partial charge in [-0.05, 0) is 150 Å². The number of nitrogens with one attached hydrogen (secondary N) is 4. The number of aromatic nitrogens is 1. The van der Waals surface area contributed by atoms with Crippen LogP contribution in [0.5, 0.6) is 0 Å². The van der Waals surface area contributed by atoms with E-state index in [1.807, 2.05) is 0 Å². The zero-order valence-electron chi connectivity index (χ0n) is 44.7. The van der Waals surface area contributed by atoms with Crippen LogP contribution in [-0.4, -0.2) is 122 Å². The smallest absolute Gasteiger partial charge is 0.437 e. The summed E-state index contributed by atoms with van der Waals surface area (Å²) in [6.07, 6.45) is -1.93. The van der Waals surface area contributed by atoms with E-state index in [0.29, 0.717) is 43.7 Å². The summed E-state index contributed by atoms with van der Waals surface area (Å²) in [5.41, 5.74) is -5.09. The average molecular weight is 1010 g/mol. The predicted molar refractivity (Wildman–Crippen MR) is 268 cm³/mol. The summed E-state index contributed by atoms with van der Waals surface area (Å²) < 4.78 is 32.9. The van der Waals surface area contributed by atoms with Crippen LogP contribution in [0.15, 0.2) is 15.4 Å². The highest BCUT2D eigenvalue weighted by Gasteiger charge is 2.35. The Kier molecular flexibility index (Phi) is 23.8. The van der Waals surface area contributed by atoms with Crippen LogP contribution >= 0.6 is 11.3 Å². The molecule has 0 saturated carbocycles. The fraction of sp³-hybridized carbons (Fsp3) is 0.708. The van der Waals surface area contributed by atoms with Gasteiger partial charge in [-0.3, -0.25) is 16.0 Å². The van der Waals surface area contributed by atoms with Gasteiger partial charge < -0.3 is 33.7 Å². The number of hydrogen-bond donors (Lipinski definition) is 4. The average Bonchev–Trinajstić information content (AvgIpc) is 3.59. The molecule has 0 bridgehead atoms. The normalized spacial score (nSPS) is 12.6. The van der Waals surface area contributed by atoms with E-state index in [2.05, 4.69) is 42.8 Å². The van der Waals surface area contributed by atoms with Gasteiger partial charge in [-0.15, -0.1) is 21.3 Å². The molecule has 0 atom stereocenters. The molecule has 1 rings (SSSR count). The summed E-state index contributed by atoms with van der Waals surface area (Å²) in [6.45, 7) is 30.6. The largest absolute Gasteiger partial charge is 0.444 e. The molecule has 6 amide bonds. The van der Waals surface area contributed by atoms with Crippen LogP contribution in [0.4, 0.5) is 28.8 Å². The van der Waals surface area contributed by atoms with Crippen molar-refractivity contribution in [2.75, 3.05) is 19.6 Å². The van der Waals surface area contributed by atoms with Gasteiger partial charge in [0, 0.05) is 31.4 Å². The van der Waals surface area contributed by atoms with Crippen molar-refractivity contribution >= 4 is 65.7 Å². The van der Waals surface area contributed by atoms with Gasteiger partial charge in [-0.2, -0.15) is 0 Å². The molecular formula is C48H79N9O12S. The number of unbranched alkanes of at least 4 members (excludes halogenated alkanes) is 5. The molecule has 21 nitrogen and oxygen atoms in total. The number of thiazole rings is 1. The zero-order valence-corrected chi connectivity index (χ0v) is 45.5. The summed E-state index contributed by atoms with van der Waals surface area (Å²) in [5, 5.41) is 17.9. The van der Waals surface area contributed by atoms with Gasteiger partial charge in [0.25, 0.3) is 0 Å². The molecule has 0 aliphatic rings. The van der Waals surface area contributed by atoms with Crippen molar-refractivity contribution < 1.29 is 57.2 Å². The Hall–Kier alpha value is -5.98. The zero-order chi connectivity index (χ0) is 53.9. The number of amidine groups is 1. The molecule has 1 aromatic rings. The quantitative estimate of drug-likeness (QED) is 0.0499. The van der Waals surface area contributed by atoms with E-state index in [1.165, 1.54) is 11.3 Å². The molecule has 0 saturated heterocycles. The van der Waals surface area contributed by atoms with E-state index in [9.17, 15) is 28.8 Å². The Morgan fingerprint density at radius 1 is 0.586 bits per heavy atom. The van der Waals surface area contributed by atoms with E-state index < -0.39 is 70.2 Å². The first-order valence-electron chi connectivity index (χ1n) is 23.2. The van der Waals surface area contributed by atoms with Crippen molar-refractivity contribution in [2.24, 2.45) is 9.98 Å². The van der Waals surface area contributed by atoms with Crippen LogP contribution in [0.3, 0.4) is 0 Å². The molecule has 70 heavy (non-hydrogen) atoms. The van der Waals surface area contributed by atoms with Crippen LogP contribution in [0.25, 0.3) is 0 Å². The summed E-state index contributed by atoms with van der Waals surface area (Å²) in [6, 6.07) is 0. The van der Waals surface area contributed by atoms with E-state index in [4.69, 9.17) is 33.8 Å². The predicted octanol–water partition coefficient (Wildman–Crippen LogP) is 10.2. The van der Waals surface area contributed by atoms with E-state index in [1.54, 1.807) is 130 Å². The number of ether oxygens (including phenoxy) is 6. The minimum absolute atomic E-state index is 0.0232. The number of carbonyl (C=O) groups excluding carboxylic acids is 6. The van der Waals surface area contributed by atoms with Crippen molar-refractivity contribution in [1.29, 1.82) is 5.41 Å². The molecule has 0 aliphatic carbocycles. The van der Waals surface area contributed by atoms with Gasteiger partial charge in [0.05, 0.1) is 0 Å². The second-order valence-corrected chi connectivity index (χ2v) is 22.7. The van der Waals surface area contributed by atoms with E-state index >= 15 is 0 Å². The van der Waals surface area contributed by atoms with Gasteiger partial charge in [0.1, 0.15) is 39.3 Å². The SMILES string of the molecule is CC(C)(C)OC(=O)/N=C(\N(CCCC#Cc1nc(C(=N)NC(=O)OC(C)(C)C)cs1)C(=O)OC(C)(C)C)N(CCCCCCCN/C(=N\C(=O)OC(C)(C)C)NC(=O)OC(C)(C)C)C(=O)OC(C)(C)C. The molecule has 4 N–H and O–H groups in total. The second kappa shape index (κ2) is 26.8.